The van der Waals surface area contributed by atoms with Crippen LogP contribution in [-0.4, -0.2) is 28.1 Å². The number of amides is 1. The Balaban J connectivity index is 2.17. The Morgan fingerprint density at radius 3 is 2.53 bits per heavy atom. The van der Waals surface area contributed by atoms with Gasteiger partial charge < -0.3 is 4.90 Å². The minimum atomic E-state index is -0.223. The lowest BCUT2D eigenvalue weighted by atomic mass is 10.2. The first kappa shape index (κ1) is 14.7. The fourth-order valence-electron chi connectivity index (χ4n) is 1.45. The van der Waals surface area contributed by atoms with Gasteiger partial charge in [0.25, 0.3) is 5.91 Å². The van der Waals surface area contributed by atoms with Crippen molar-refractivity contribution in [3.05, 3.63) is 42.7 Å². The van der Waals surface area contributed by atoms with Gasteiger partial charge in [0.15, 0.2) is 3.92 Å². The molecule has 100 valence electrons. The second-order valence-corrected chi connectivity index (χ2v) is 6.79. The zero-order valence-corrected chi connectivity index (χ0v) is 13.6. The number of aromatic nitrogens is 2. The van der Waals surface area contributed by atoms with Crippen LogP contribution in [0.15, 0.2) is 22.1 Å². The molecule has 2 aromatic rings. The standard InChI is InChI=1S/C11H8BrCl2N3OS/c1-17(10(18)9-15-16-11(12)19-9)5-6-7(13)3-2-4-8(6)14/h2-4H,5H2,1H3. The molecule has 0 saturated heterocycles. The van der Waals surface area contributed by atoms with E-state index in [0.717, 1.165) is 0 Å². The molecule has 0 radical (unpaired) electrons. The van der Waals surface area contributed by atoms with Crippen LogP contribution in [0.2, 0.25) is 10.0 Å². The van der Waals surface area contributed by atoms with E-state index in [4.69, 9.17) is 23.2 Å². The van der Waals surface area contributed by atoms with Crippen molar-refractivity contribution in [2.24, 2.45) is 0 Å². The number of rotatable bonds is 3. The molecule has 4 nitrogen and oxygen atoms in total. The van der Waals surface area contributed by atoms with E-state index in [1.54, 1.807) is 25.2 Å². The van der Waals surface area contributed by atoms with Gasteiger partial charge in [0.2, 0.25) is 5.01 Å². The van der Waals surface area contributed by atoms with E-state index in [0.29, 0.717) is 31.1 Å². The first-order valence-corrected chi connectivity index (χ1v) is 7.53. The summed E-state index contributed by atoms with van der Waals surface area (Å²) in [6, 6.07) is 5.24. The van der Waals surface area contributed by atoms with Crippen LogP contribution in [-0.2, 0) is 6.54 Å². The third kappa shape index (κ3) is 3.45. The second-order valence-electron chi connectivity index (χ2n) is 3.72. The van der Waals surface area contributed by atoms with Gasteiger partial charge in [-0.15, -0.1) is 10.2 Å². The molecule has 1 amide bonds. The summed E-state index contributed by atoms with van der Waals surface area (Å²) < 4.78 is 0.569. The minimum Gasteiger partial charge on any atom is -0.335 e. The molecule has 0 aliphatic carbocycles. The third-order valence-corrected chi connectivity index (χ3v) is 4.44. The van der Waals surface area contributed by atoms with Crippen molar-refractivity contribution < 1.29 is 4.79 Å². The van der Waals surface area contributed by atoms with Gasteiger partial charge in [0.05, 0.1) is 0 Å². The molecule has 2 rings (SSSR count). The second kappa shape index (κ2) is 6.17. The van der Waals surface area contributed by atoms with E-state index in [9.17, 15) is 4.79 Å². The van der Waals surface area contributed by atoms with Crippen LogP contribution >= 0.6 is 50.5 Å². The summed E-state index contributed by atoms with van der Waals surface area (Å²) in [6.45, 7) is 0.314. The normalized spacial score (nSPS) is 10.5. The molecular formula is C11H8BrCl2N3OS. The summed E-state index contributed by atoms with van der Waals surface area (Å²) in [7, 11) is 1.66. The van der Waals surface area contributed by atoms with E-state index >= 15 is 0 Å². The number of halogens is 3. The largest absolute Gasteiger partial charge is 0.335 e. The van der Waals surface area contributed by atoms with Crippen LogP contribution in [0.25, 0.3) is 0 Å². The minimum absolute atomic E-state index is 0.223. The van der Waals surface area contributed by atoms with Gasteiger partial charge in [-0.05, 0) is 28.1 Å². The number of benzene rings is 1. The van der Waals surface area contributed by atoms with Crippen molar-refractivity contribution in [3.63, 3.8) is 0 Å². The molecule has 8 heteroatoms. The highest BCUT2D eigenvalue weighted by atomic mass is 79.9. The quantitative estimate of drug-likeness (QED) is 0.811. The first-order chi connectivity index (χ1) is 8.99. The van der Waals surface area contributed by atoms with Crippen LogP contribution in [0.5, 0.6) is 0 Å². The summed E-state index contributed by atoms with van der Waals surface area (Å²) in [5.41, 5.74) is 0.713. The molecule has 0 bridgehead atoms. The smallest absolute Gasteiger partial charge is 0.284 e. The molecule has 0 spiro atoms. The number of nitrogens with zero attached hydrogens (tertiary/aromatic N) is 3. The van der Waals surface area contributed by atoms with Gasteiger partial charge in [-0.2, -0.15) is 0 Å². The van der Waals surface area contributed by atoms with Gasteiger partial charge in [-0.3, -0.25) is 4.79 Å². The Kier molecular flexibility index (Phi) is 4.78. The van der Waals surface area contributed by atoms with Gasteiger partial charge in [-0.25, -0.2) is 0 Å². The van der Waals surface area contributed by atoms with Crippen LogP contribution in [0.3, 0.4) is 0 Å². The van der Waals surface area contributed by atoms with Crippen molar-refractivity contribution in [1.29, 1.82) is 0 Å². The average Bonchev–Trinajstić information content (AvgIpc) is 2.79. The molecular weight excluding hydrogens is 373 g/mol. The Labute approximate surface area is 132 Å². The van der Waals surface area contributed by atoms with Crippen molar-refractivity contribution in [2.75, 3.05) is 7.05 Å². The van der Waals surface area contributed by atoms with Crippen LogP contribution in [0.1, 0.15) is 15.4 Å². The molecule has 0 aliphatic heterocycles. The molecule has 0 aliphatic rings. The Bertz CT molecular complexity index is 599. The zero-order valence-electron chi connectivity index (χ0n) is 9.73. The van der Waals surface area contributed by atoms with Gasteiger partial charge >= 0.3 is 0 Å². The number of hydrogen-bond acceptors (Lipinski definition) is 4. The summed E-state index contributed by atoms with van der Waals surface area (Å²) >= 11 is 16.5. The van der Waals surface area contributed by atoms with Gasteiger partial charge in [-0.1, -0.05) is 40.6 Å². The van der Waals surface area contributed by atoms with E-state index < -0.39 is 0 Å². The fraction of sp³-hybridized carbons (Fsp3) is 0.182. The van der Waals surface area contributed by atoms with Crippen molar-refractivity contribution in [3.8, 4) is 0 Å². The lowest BCUT2D eigenvalue weighted by Crippen LogP contribution is -2.26. The highest BCUT2D eigenvalue weighted by Gasteiger charge is 2.18. The monoisotopic (exact) mass is 379 g/mol. The maximum atomic E-state index is 12.1. The van der Waals surface area contributed by atoms with Crippen LogP contribution in [0.4, 0.5) is 0 Å². The highest BCUT2D eigenvalue weighted by Crippen LogP contribution is 2.26. The van der Waals surface area contributed by atoms with Gasteiger partial charge in [0, 0.05) is 29.2 Å². The van der Waals surface area contributed by atoms with Crippen LogP contribution < -0.4 is 0 Å². The molecule has 0 atom stereocenters. The first-order valence-electron chi connectivity index (χ1n) is 5.16. The summed E-state index contributed by atoms with van der Waals surface area (Å²) in [5, 5.41) is 8.92. The molecule has 1 aromatic heterocycles. The highest BCUT2D eigenvalue weighted by molar-refractivity contribution is 9.11. The Hall–Kier alpha value is -0.690. The lowest BCUT2D eigenvalue weighted by molar-refractivity contribution is 0.0784. The number of hydrogen-bond donors (Lipinski definition) is 0. The molecule has 0 saturated carbocycles. The molecule has 0 N–H and O–H groups in total. The van der Waals surface area contributed by atoms with Crippen molar-refractivity contribution in [1.82, 2.24) is 15.1 Å². The fourth-order valence-corrected chi connectivity index (χ4v) is 3.07. The van der Waals surface area contributed by atoms with E-state index in [-0.39, 0.29) is 5.91 Å². The summed E-state index contributed by atoms with van der Waals surface area (Å²) in [5.74, 6) is -0.223. The Morgan fingerprint density at radius 2 is 2.00 bits per heavy atom. The topological polar surface area (TPSA) is 46.1 Å². The maximum Gasteiger partial charge on any atom is 0.284 e. The van der Waals surface area contributed by atoms with Crippen LogP contribution in [0, 0.1) is 0 Å². The predicted molar refractivity (Wildman–Crippen MR) is 79.9 cm³/mol. The molecule has 0 unspecified atom stereocenters. The Morgan fingerprint density at radius 1 is 1.37 bits per heavy atom. The number of carbonyl (C=O) groups is 1. The maximum absolute atomic E-state index is 12.1. The van der Waals surface area contributed by atoms with Gasteiger partial charge in [0.1, 0.15) is 0 Å². The number of carbonyl (C=O) groups excluding carboxylic acids is 1. The van der Waals surface area contributed by atoms with E-state index in [1.807, 2.05) is 0 Å². The van der Waals surface area contributed by atoms with Crippen molar-refractivity contribution >= 4 is 56.4 Å². The molecule has 1 heterocycles. The average molecular weight is 381 g/mol. The molecule has 1 aromatic carbocycles. The summed E-state index contributed by atoms with van der Waals surface area (Å²) in [6.07, 6.45) is 0. The lowest BCUT2D eigenvalue weighted by Gasteiger charge is -2.17. The predicted octanol–water partition coefficient (Wildman–Crippen LogP) is 3.88. The molecule has 19 heavy (non-hydrogen) atoms. The zero-order chi connectivity index (χ0) is 14.0. The summed E-state index contributed by atoms with van der Waals surface area (Å²) in [4.78, 5) is 13.6. The van der Waals surface area contributed by atoms with E-state index in [2.05, 4.69) is 26.1 Å². The van der Waals surface area contributed by atoms with Crippen molar-refractivity contribution in [2.45, 2.75) is 6.54 Å². The third-order valence-electron chi connectivity index (χ3n) is 2.39. The van der Waals surface area contributed by atoms with E-state index in [1.165, 1.54) is 16.2 Å². The SMILES string of the molecule is CN(Cc1c(Cl)cccc1Cl)C(=O)c1nnc(Br)s1. The molecule has 0 fully saturated rings.